The first-order valence-electron chi connectivity index (χ1n) is 13.0. The zero-order chi connectivity index (χ0) is 30.1. The molecule has 3 aromatic carbocycles. The first-order chi connectivity index (χ1) is 20.2. The number of carbonyl (C=O) groups excluding carboxylic acids is 5. The van der Waals surface area contributed by atoms with Crippen molar-refractivity contribution in [2.24, 2.45) is 0 Å². The van der Waals surface area contributed by atoms with Gasteiger partial charge in [0.05, 0.1) is 16.7 Å². The number of rotatable bonds is 9. The second-order valence-electron chi connectivity index (χ2n) is 9.16. The normalized spacial score (nSPS) is 21.3. The molecule has 4 rings (SSSR count). The highest BCUT2D eigenvalue weighted by Crippen LogP contribution is 2.31. The fourth-order valence-electron chi connectivity index (χ4n) is 4.17. The van der Waals surface area contributed by atoms with E-state index in [1.807, 2.05) is 0 Å². The summed E-state index contributed by atoms with van der Waals surface area (Å²) in [5.74, 6) is -4.01. The Bertz CT molecular complexity index is 1390. The first kappa shape index (κ1) is 29.9. The molecule has 1 unspecified atom stereocenters. The summed E-state index contributed by atoms with van der Waals surface area (Å²) in [5.41, 5.74) is 0.453. The van der Waals surface area contributed by atoms with Crippen LogP contribution in [0.1, 0.15) is 44.9 Å². The van der Waals surface area contributed by atoms with E-state index < -0.39 is 67.2 Å². The molecular formula is C31H28O11. The van der Waals surface area contributed by atoms with Crippen LogP contribution in [0.3, 0.4) is 0 Å². The van der Waals surface area contributed by atoms with Crippen LogP contribution < -0.4 is 0 Å². The highest BCUT2D eigenvalue weighted by atomic mass is 16.7. The van der Waals surface area contributed by atoms with E-state index in [0.29, 0.717) is 0 Å². The lowest BCUT2D eigenvalue weighted by atomic mass is 9.97. The van der Waals surface area contributed by atoms with Gasteiger partial charge in [-0.1, -0.05) is 54.6 Å². The maximum atomic E-state index is 13.3. The maximum Gasteiger partial charge on any atom is 0.338 e. The van der Waals surface area contributed by atoms with E-state index in [9.17, 15) is 24.0 Å². The van der Waals surface area contributed by atoms with Gasteiger partial charge >= 0.3 is 29.8 Å². The van der Waals surface area contributed by atoms with E-state index >= 15 is 0 Å². The SMILES string of the molecule is CC(=O)OC[C@H]1OC(OC(C)=O)[C@H](OC(=O)c2ccccc2)[C@@H](OC(=O)c2ccccc2)[C@H]1OC(=O)c1ccccc1. The number of hydrogen-bond acceptors (Lipinski definition) is 11. The third kappa shape index (κ3) is 7.79. The summed E-state index contributed by atoms with van der Waals surface area (Å²) in [6, 6.07) is 23.8. The molecule has 1 aliphatic heterocycles. The molecule has 11 heteroatoms. The third-order valence-corrected chi connectivity index (χ3v) is 6.08. The molecule has 0 aromatic heterocycles. The minimum atomic E-state index is -1.63. The molecule has 0 bridgehead atoms. The average Bonchev–Trinajstić information content (AvgIpc) is 2.99. The quantitative estimate of drug-likeness (QED) is 0.273. The van der Waals surface area contributed by atoms with E-state index in [1.54, 1.807) is 54.6 Å². The van der Waals surface area contributed by atoms with Crippen molar-refractivity contribution < 1.29 is 52.4 Å². The van der Waals surface area contributed by atoms with Crippen molar-refractivity contribution >= 4 is 29.8 Å². The van der Waals surface area contributed by atoms with Crippen molar-refractivity contribution in [3.8, 4) is 0 Å². The summed E-state index contributed by atoms with van der Waals surface area (Å²) >= 11 is 0. The second kappa shape index (κ2) is 14.0. The monoisotopic (exact) mass is 576 g/mol. The number of carbonyl (C=O) groups is 5. The van der Waals surface area contributed by atoms with Crippen molar-refractivity contribution in [1.29, 1.82) is 0 Å². The van der Waals surface area contributed by atoms with Crippen LogP contribution in [0.15, 0.2) is 91.0 Å². The first-order valence-corrected chi connectivity index (χ1v) is 13.0. The molecule has 1 saturated heterocycles. The lowest BCUT2D eigenvalue weighted by Gasteiger charge is -2.43. The lowest BCUT2D eigenvalue weighted by molar-refractivity contribution is -0.290. The van der Waals surface area contributed by atoms with Gasteiger partial charge in [-0.25, -0.2) is 14.4 Å². The molecule has 218 valence electrons. The van der Waals surface area contributed by atoms with Crippen molar-refractivity contribution in [1.82, 2.24) is 0 Å². The summed E-state index contributed by atoms with van der Waals surface area (Å²) in [6.45, 7) is 1.79. The molecule has 3 aromatic rings. The van der Waals surface area contributed by atoms with Gasteiger partial charge in [-0.3, -0.25) is 9.59 Å². The third-order valence-electron chi connectivity index (χ3n) is 6.08. The van der Waals surface area contributed by atoms with Gasteiger partial charge in [0.1, 0.15) is 12.7 Å². The van der Waals surface area contributed by atoms with Gasteiger partial charge in [-0.2, -0.15) is 0 Å². The molecular weight excluding hydrogens is 548 g/mol. The van der Waals surface area contributed by atoms with Crippen LogP contribution in [0, 0.1) is 0 Å². The van der Waals surface area contributed by atoms with Gasteiger partial charge in [0.2, 0.25) is 12.4 Å². The molecule has 42 heavy (non-hydrogen) atoms. The van der Waals surface area contributed by atoms with Crippen molar-refractivity contribution in [2.75, 3.05) is 6.61 Å². The highest BCUT2D eigenvalue weighted by molar-refractivity contribution is 5.91. The maximum absolute atomic E-state index is 13.3. The van der Waals surface area contributed by atoms with Gasteiger partial charge in [-0.15, -0.1) is 0 Å². The summed E-state index contributed by atoms with van der Waals surface area (Å²) < 4.78 is 33.7. The molecule has 5 atom stereocenters. The highest BCUT2D eigenvalue weighted by Gasteiger charge is 2.54. The van der Waals surface area contributed by atoms with Crippen molar-refractivity contribution in [2.45, 2.75) is 44.6 Å². The Morgan fingerprint density at radius 2 is 0.952 bits per heavy atom. The average molecular weight is 577 g/mol. The number of hydrogen-bond donors (Lipinski definition) is 0. The molecule has 1 heterocycles. The topological polar surface area (TPSA) is 141 Å². The van der Waals surface area contributed by atoms with Crippen LogP contribution in [-0.4, -0.2) is 67.2 Å². The molecule has 1 aliphatic rings. The Morgan fingerprint density at radius 3 is 1.36 bits per heavy atom. The van der Waals surface area contributed by atoms with E-state index in [-0.39, 0.29) is 16.7 Å². The second-order valence-corrected chi connectivity index (χ2v) is 9.16. The number of ether oxygens (including phenoxy) is 6. The smallest absolute Gasteiger partial charge is 0.338 e. The van der Waals surface area contributed by atoms with Crippen LogP contribution in [0.4, 0.5) is 0 Å². The summed E-state index contributed by atoms with van der Waals surface area (Å²) in [7, 11) is 0. The Morgan fingerprint density at radius 1 is 0.548 bits per heavy atom. The fourth-order valence-corrected chi connectivity index (χ4v) is 4.17. The van der Waals surface area contributed by atoms with Crippen LogP contribution in [0.2, 0.25) is 0 Å². The molecule has 0 saturated carbocycles. The fraction of sp³-hybridized carbons (Fsp3) is 0.258. The van der Waals surface area contributed by atoms with Crippen LogP contribution >= 0.6 is 0 Å². The number of benzene rings is 3. The lowest BCUT2D eigenvalue weighted by Crippen LogP contribution is -2.63. The van der Waals surface area contributed by atoms with Crippen LogP contribution in [0.25, 0.3) is 0 Å². The van der Waals surface area contributed by atoms with Gasteiger partial charge in [-0.05, 0) is 36.4 Å². The van der Waals surface area contributed by atoms with Gasteiger partial charge < -0.3 is 28.4 Å². The van der Waals surface area contributed by atoms with Gasteiger partial charge in [0.15, 0.2) is 12.2 Å². The Kier molecular flexibility index (Phi) is 10.0. The minimum Gasteiger partial charge on any atom is -0.463 e. The van der Waals surface area contributed by atoms with E-state index in [2.05, 4.69) is 0 Å². The minimum absolute atomic E-state index is 0.144. The Labute approximate surface area is 241 Å². The van der Waals surface area contributed by atoms with Gasteiger partial charge in [0, 0.05) is 13.8 Å². The molecule has 0 spiro atoms. The molecule has 0 radical (unpaired) electrons. The zero-order valence-electron chi connectivity index (χ0n) is 22.7. The van der Waals surface area contributed by atoms with Crippen LogP contribution in [-0.2, 0) is 38.0 Å². The predicted molar refractivity (Wildman–Crippen MR) is 144 cm³/mol. The van der Waals surface area contributed by atoms with Crippen molar-refractivity contribution in [3.63, 3.8) is 0 Å². The summed E-state index contributed by atoms with van der Waals surface area (Å²) in [6.07, 6.45) is -7.58. The molecule has 0 N–H and O–H groups in total. The summed E-state index contributed by atoms with van der Waals surface area (Å²) in [4.78, 5) is 63.4. The predicted octanol–water partition coefficient (Wildman–Crippen LogP) is 3.51. The van der Waals surface area contributed by atoms with Gasteiger partial charge in [0.25, 0.3) is 0 Å². The molecule has 0 amide bonds. The van der Waals surface area contributed by atoms with E-state index in [0.717, 1.165) is 13.8 Å². The largest absolute Gasteiger partial charge is 0.463 e. The summed E-state index contributed by atoms with van der Waals surface area (Å²) in [5, 5.41) is 0. The van der Waals surface area contributed by atoms with E-state index in [4.69, 9.17) is 28.4 Å². The number of esters is 5. The van der Waals surface area contributed by atoms with Crippen molar-refractivity contribution in [3.05, 3.63) is 108 Å². The molecule has 11 nitrogen and oxygen atoms in total. The molecule has 0 aliphatic carbocycles. The standard InChI is InChI=1S/C31H28O11/c1-19(32)37-18-24-25(40-28(34)21-12-6-3-7-13-21)26(41-29(35)22-14-8-4-9-15-22)27(31(39-24)38-20(2)33)42-30(36)23-16-10-5-11-17-23/h3-17,24-27,31H,18H2,1-2H3/t24-,25+,26+,27-,31?/m1/s1. The Hall–Kier alpha value is -5.03. The van der Waals surface area contributed by atoms with Crippen LogP contribution in [0.5, 0.6) is 0 Å². The molecule has 1 fully saturated rings. The Balaban J connectivity index is 1.76. The zero-order valence-corrected chi connectivity index (χ0v) is 22.7. The van der Waals surface area contributed by atoms with E-state index in [1.165, 1.54) is 36.4 Å².